The van der Waals surface area contributed by atoms with Gasteiger partial charge < -0.3 is 14.0 Å². The summed E-state index contributed by atoms with van der Waals surface area (Å²) in [5.41, 5.74) is 3.02. The van der Waals surface area contributed by atoms with Gasteiger partial charge in [-0.3, -0.25) is 9.78 Å². The SMILES string of the molecule is COC(=O)Cc1ccc(-c2cncc(B3OC(C)(C)C(C)(C)O3)c2)cc1. The van der Waals surface area contributed by atoms with Crippen LogP contribution in [-0.4, -0.2) is 36.4 Å². The van der Waals surface area contributed by atoms with Gasteiger partial charge in [-0.1, -0.05) is 30.3 Å². The number of hydrogen-bond donors (Lipinski definition) is 0. The zero-order valence-electron chi connectivity index (χ0n) is 15.9. The van der Waals surface area contributed by atoms with Gasteiger partial charge in [0.15, 0.2) is 0 Å². The van der Waals surface area contributed by atoms with E-state index in [4.69, 9.17) is 14.0 Å². The predicted molar refractivity (Wildman–Crippen MR) is 101 cm³/mol. The van der Waals surface area contributed by atoms with Crippen LogP contribution in [0.5, 0.6) is 0 Å². The summed E-state index contributed by atoms with van der Waals surface area (Å²) < 4.78 is 16.9. The molecule has 0 bridgehead atoms. The number of carbonyl (C=O) groups excluding carboxylic acids is 1. The highest BCUT2D eigenvalue weighted by Crippen LogP contribution is 2.36. The molecule has 6 heteroatoms. The normalized spacial score (nSPS) is 18.0. The third-order valence-corrected chi connectivity index (χ3v) is 5.15. The van der Waals surface area contributed by atoms with Crippen molar-refractivity contribution in [1.29, 1.82) is 0 Å². The van der Waals surface area contributed by atoms with E-state index in [0.29, 0.717) is 0 Å². The first kappa shape index (κ1) is 18.6. The van der Waals surface area contributed by atoms with E-state index < -0.39 is 7.12 Å². The molecule has 0 spiro atoms. The van der Waals surface area contributed by atoms with Crippen LogP contribution in [-0.2, 0) is 25.3 Å². The van der Waals surface area contributed by atoms with Gasteiger partial charge in [0.25, 0.3) is 0 Å². The van der Waals surface area contributed by atoms with Gasteiger partial charge in [-0.25, -0.2) is 0 Å². The Hall–Kier alpha value is -2.18. The van der Waals surface area contributed by atoms with Gasteiger partial charge in [0.2, 0.25) is 0 Å². The molecule has 1 aromatic heterocycles. The Morgan fingerprint density at radius 1 is 1.04 bits per heavy atom. The Morgan fingerprint density at radius 3 is 2.23 bits per heavy atom. The lowest BCUT2D eigenvalue weighted by atomic mass is 9.79. The van der Waals surface area contributed by atoms with E-state index in [1.807, 2.05) is 64.2 Å². The fourth-order valence-electron chi connectivity index (χ4n) is 2.78. The van der Waals surface area contributed by atoms with Gasteiger partial charge in [0, 0.05) is 17.9 Å². The Balaban J connectivity index is 1.81. The van der Waals surface area contributed by atoms with E-state index in [2.05, 4.69) is 4.98 Å². The number of methoxy groups -OCH3 is 1. The van der Waals surface area contributed by atoms with Crippen LogP contribution in [0.1, 0.15) is 33.3 Å². The Kier molecular flexibility index (Phi) is 4.91. The van der Waals surface area contributed by atoms with Crippen molar-refractivity contribution in [3.05, 3.63) is 48.3 Å². The Labute approximate surface area is 154 Å². The second kappa shape index (κ2) is 6.85. The van der Waals surface area contributed by atoms with Crippen molar-refractivity contribution in [2.24, 2.45) is 0 Å². The Bertz CT molecular complexity index is 786. The van der Waals surface area contributed by atoms with Crippen molar-refractivity contribution >= 4 is 18.6 Å². The molecule has 2 aromatic rings. The van der Waals surface area contributed by atoms with Crippen molar-refractivity contribution in [2.75, 3.05) is 7.11 Å². The third kappa shape index (κ3) is 3.66. The Morgan fingerprint density at radius 2 is 1.65 bits per heavy atom. The lowest BCUT2D eigenvalue weighted by Crippen LogP contribution is -2.41. The predicted octanol–water partition coefficient (Wildman–Crippen LogP) is 2.76. The summed E-state index contributed by atoms with van der Waals surface area (Å²) in [5.74, 6) is -0.248. The molecule has 0 radical (unpaired) electrons. The van der Waals surface area contributed by atoms with Crippen LogP contribution in [0.4, 0.5) is 0 Å². The lowest BCUT2D eigenvalue weighted by Gasteiger charge is -2.32. The minimum atomic E-state index is -0.439. The molecule has 1 aromatic carbocycles. The van der Waals surface area contributed by atoms with Crippen molar-refractivity contribution in [3.8, 4) is 11.1 Å². The van der Waals surface area contributed by atoms with Gasteiger partial charge in [0.05, 0.1) is 24.7 Å². The van der Waals surface area contributed by atoms with Crippen molar-refractivity contribution in [3.63, 3.8) is 0 Å². The second-order valence-electron chi connectivity index (χ2n) is 7.55. The maximum Gasteiger partial charge on any atom is 0.496 e. The summed E-state index contributed by atoms with van der Waals surface area (Å²) >= 11 is 0. The van der Waals surface area contributed by atoms with Gasteiger partial charge in [0.1, 0.15) is 0 Å². The van der Waals surface area contributed by atoms with Crippen LogP contribution in [0, 0.1) is 0 Å². The minimum Gasteiger partial charge on any atom is -0.469 e. The van der Waals surface area contributed by atoms with Gasteiger partial charge in [-0.05, 0) is 44.4 Å². The summed E-state index contributed by atoms with van der Waals surface area (Å²) in [4.78, 5) is 15.7. The molecule has 0 N–H and O–H groups in total. The van der Waals surface area contributed by atoms with Gasteiger partial charge >= 0.3 is 13.1 Å². The van der Waals surface area contributed by atoms with E-state index >= 15 is 0 Å². The van der Waals surface area contributed by atoms with Crippen LogP contribution >= 0.6 is 0 Å². The molecule has 1 fully saturated rings. The molecule has 0 saturated carbocycles. The molecule has 1 saturated heterocycles. The molecule has 0 atom stereocenters. The monoisotopic (exact) mass is 353 g/mol. The number of benzene rings is 1. The first-order valence-corrected chi connectivity index (χ1v) is 8.68. The van der Waals surface area contributed by atoms with E-state index in [-0.39, 0.29) is 23.6 Å². The molecule has 1 aliphatic heterocycles. The average molecular weight is 353 g/mol. The highest BCUT2D eigenvalue weighted by Gasteiger charge is 2.51. The van der Waals surface area contributed by atoms with Crippen LogP contribution in [0.25, 0.3) is 11.1 Å². The van der Waals surface area contributed by atoms with E-state index in [1.165, 1.54) is 7.11 Å². The number of esters is 1. The summed E-state index contributed by atoms with van der Waals surface area (Å²) in [7, 11) is 0.954. The molecule has 0 aliphatic carbocycles. The molecule has 0 unspecified atom stereocenters. The number of aromatic nitrogens is 1. The first-order valence-electron chi connectivity index (χ1n) is 8.68. The molecule has 3 rings (SSSR count). The van der Waals surface area contributed by atoms with Crippen molar-refractivity contribution in [1.82, 2.24) is 4.98 Å². The molecule has 0 amide bonds. The zero-order valence-corrected chi connectivity index (χ0v) is 15.9. The molecular formula is C20H24BNO4. The number of ether oxygens (including phenoxy) is 1. The van der Waals surface area contributed by atoms with Crippen LogP contribution < -0.4 is 5.46 Å². The van der Waals surface area contributed by atoms with E-state index in [0.717, 1.165) is 22.2 Å². The number of nitrogens with zero attached hydrogens (tertiary/aromatic N) is 1. The van der Waals surface area contributed by atoms with Crippen molar-refractivity contribution < 1.29 is 18.8 Å². The molecule has 2 heterocycles. The summed E-state index contributed by atoms with van der Waals surface area (Å²) in [6.45, 7) is 8.13. The number of carbonyl (C=O) groups is 1. The highest BCUT2D eigenvalue weighted by molar-refractivity contribution is 6.62. The zero-order chi connectivity index (χ0) is 18.9. The maximum atomic E-state index is 11.4. The lowest BCUT2D eigenvalue weighted by molar-refractivity contribution is -0.139. The third-order valence-electron chi connectivity index (χ3n) is 5.15. The fourth-order valence-corrected chi connectivity index (χ4v) is 2.78. The summed E-state index contributed by atoms with van der Waals surface area (Å²) in [5, 5.41) is 0. The summed E-state index contributed by atoms with van der Waals surface area (Å²) in [6.07, 6.45) is 3.85. The second-order valence-corrected chi connectivity index (χ2v) is 7.55. The standard InChI is InChI=1S/C20H24BNO4/c1-19(2)20(3,4)26-21(25-19)17-11-16(12-22-13-17)15-8-6-14(7-9-15)10-18(23)24-5/h6-9,11-13H,10H2,1-5H3. The van der Waals surface area contributed by atoms with Crippen LogP contribution in [0.3, 0.4) is 0 Å². The molecule has 5 nitrogen and oxygen atoms in total. The van der Waals surface area contributed by atoms with Crippen molar-refractivity contribution in [2.45, 2.75) is 45.3 Å². The fraction of sp³-hybridized carbons (Fsp3) is 0.400. The smallest absolute Gasteiger partial charge is 0.469 e. The number of pyridine rings is 1. The largest absolute Gasteiger partial charge is 0.496 e. The van der Waals surface area contributed by atoms with Gasteiger partial charge in [-0.2, -0.15) is 0 Å². The molecule has 26 heavy (non-hydrogen) atoms. The average Bonchev–Trinajstić information content (AvgIpc) is 2.83. The van der Waals surface area contributed by atoms with E-state index in [1.54, 1.807) is 6.20 Å². The van der Waals surface area contributed by atoms with E-state index in [9.17, 15) is 4.79 Å². The molecule has 136 valence electrons. The first-order chi connectivity index (χ1) is 12.2. The number of hydrogen-bond acceptors (Lipinski definition) is 5. The minimum absolute atomic E-state index is 0.248. The van der Waals surface area contributed by atoms with Crippen LogP contribution in [0.2, 0.25) is 0 Å². The topological polar surface area (TPSA) is 57.7 Å². The quantitative estimate of drug-likeness (QED) is 0.625. The molecule has 1 aliphatic rings. The summed E-state index contributed by atoms with van der Waals surface area (Å²) in [6, 6.07) is 9.83. The number of rotatable bonds is 4. The molecular weight excluding hydrogens is 329 g/mol. The van der Waals surface area contributed by atoms with Gasteiger partial charge in [-0.15, -0.1) is 0 Å². The van der Waals surface area contributed by atoms with Crippen LogP contribution in [0.15, 0.2) is 42.7 Å². The highest BCUT2D eigenvalue weighted by atomic mass is 16.7. The maximum absolute atomic E-state index is 11.4.